The van der Waals surface area contributed by atoms with Crippen LogP contribution in [0.3, 0.4) is 0 Å². The number of carbonyl (C=O) groups excluding carboxylic acids is 2. The highest BCUT2D eigenvalue weighted by Crippen LogP contribution is 2.19. The summed E-state index contributed by atoms with van der Waals surface area (Å²) in [5.74, 6) is -0.0321. The van der Waals surface area contributed by atoms with Gasteiger partial charge in [-0.15, -0.1) is 0 Å². The van der Waals surface area contributed by atoms with Crippen molar-refractivity contribution in [3.05, 3.63) is 48.6 Å². The summed E-state index contributed by atoms with van der Waals surface area (Å²) in [5, 5.41) is 23.4. The molecule has 0 heterocycles. The van der Waals surface area contributed by atoms with E-state index in [0.29, 0.717) is 25.9 Å². The Morgan fingerprint density at radius 1 is 0.337 bits per heavy atom. The van der Waals surface area contributed by atoms with Gasteiger partial charge in [-0.25, -0.2) is 0 Å². The molecule has 0 fully saturated rings. The number of rotatable bonds is 70. The number of allylic oxidation sites excluding steroid dienone is 8. The van der Waals surface area contributed by atoms with Crippen LogP contribution in [0.1, 0.15) is 406 Å². The molecule has 0 aromatic heterocycles. The summed E-state index contributed by atoms with van der Waals surface area (Å²) < 4.78 is 5.47. The van der Waals surface area contributed by atoms with E-state index in [1.807, 2.05) is 0 Å². The predicted molar refractivity (Wildman–Crippen MR) is 366 cm³/mol. The van der Waals surface area contributed by atoms with Gasteiger partial charge in [0.15, 0.2) is 0 Å². The Morgan fingerprint density at radius 2 is 0.627 bits per heavy atom. The molecule has 6 heteroatoms. The molecule has 0 spiro atoms. The average molecular weight is 1170 g/mol. The Bertz CT molecular complexity index is 1390. The van der Waals surface area contributed by atoms with E-state index in [1.54, 1.807) is 0 Å². The van der Waals surface area contributed by atoms with E-state index in [-0.39, 0.29) is 18.5 Å². The van der Waals surface area contributed by atoms with Crippen LogP contribution in [0.4, 0.5) is 0 Å². The van der Waals surface area contributed by atoms with Gasteiger partial charge in [-0.05, 0) is 83.5 Å². The third-order valence-electron chi connectivity index (χ3n) is 17.3. The molecule has 0 saturated carbocycles. The lowest BCUT2D eigenvalue weighted by molar-refractivity contribution is -0.143. The number of nitrogens with one attached hydrogen (secondary N) is 1. The van der Waals surface area contributed by atoms with E-state index in [0.717, 1.165) is 57.8 Å². The summed E-state index contributed by atoms with van der Waals surface area (Å²) in [6.45, 7) is 4.91. The van der Waals surface area contributed by atoms with Crippen molar-refractivity contribution in [2.24, 2.45) is 0 Å². The van der Waals surface area contributed by atoms with Crippen molar-refractivity contribution in [3.63, 3.8) is 0 Å². The molecule has 2 unspecified atom stereocenters. The number of carbonyl (C=O) groups is 2. The zero-order valence-corrected chi connectivity index (χ0v) is 55.9. The lowest BCUT2D eigenvalue weighted by Crippen LogP contribution is -2.45. The van der Waals surface area contributed by atoms with Crippen LogP contribution < -0.4 is 5.32 Å². The van der Waals surface area contributed by atoms with Gasteiger partial charge in [0.2, 0.25) is 5.91 Å². The highest BCUT2D eigenvalue weighted by molar-refractivity contribution is 5.76. The summed E-state index contributed by atoms with van der Waals surface area (Å²) in [5.41, 5.74) is 0. The molecular formula is C77H145NO5. The van der Waals surface area contributed by atoms with Crippen LogP contribution >= 0.6 is 0 Å². The Balaban J connectivity index is 3.40. The standard InChI is InChI=1S/C77H145NO5/c1-3-5-7-9-11-13-15-17-18-19-20-21-33-36-39-42-46-49-53-57-61-65-69-75(80)74(73-79)78-76(81)70-66-62-58-54-50-47-43-40-37-34-31-29-27-25-23-22-24-26-28-30-32-35-38-41-44-48-52-56-60-64-68-72-83-77(82)71-67-63-59-55-51-45-16-14-12-10-8-6-4-2/h8,10,14,16,24,26,30,32,74-75,79-80H,3-7,9,11-13,15,17-23,25,27-29,31,33-73H2,1-2H3,(H,78,81)/b10-8-,16-14-,26-24-,32-30-. The normalized spacial score (nSPS) is 12.8. The topological polar surface area (TPSA) is 95.9 Å². The first kappa shape index (κ1) is 80.8. The summed E-state index contributed by atoms with van der Waals surface area (Å²) in [4.78, 5) is 24.6. The molecule has 0 bridgehead atoms. The number of hydrogen-bond acceptors (Lipinski definition) is 5. The van der Waals surface area contributed by atoms with Gasteiger partial charge in [-0.3, -0.25) is 9.59 Å². The molecule has 1 amide bonds. The number of ether oxygens (including phenoxy) is 1. The maximum absolute atomic E-state index is 12.6. The van der Waals surface area contributed by atoms with Crippen molar-refractivity contribution < 1.29 is 24.5 Å². The molecule has 0 saturated heterocycles. The van der Waals surface area contributed by atoms with E-state index in [1.165, 1.54) is 315 Å². The first-order valence-corrected chi connectivity index (χ1v) is 37.4. The van der Waals surface area contributed by atoms with Crippen LogP contribution in [0.2, 0.25) is 0 Å². The van der Waals surface area contributed by atoms with Gasteiger partial charge in [-0.1, -0.05) is 358 Å². The number of hydrogen-bond donors (Lipinski definition) is 3. The third kappa shape index (κ3) is 68.8. The van der Waals surface area contributed by atoms with E-state index in [9.17, 15) is 19.8 Å². The van der Waals surface area contributed by atoms with Gasteiger partial charge >= 0.3 is 5.97 Å². The molecular weight excluding hydrogens is 1020 g/mol. The van der Waals surface area contributed by atoms with Gasteiger partial charge in [0.1, 0.15) is 0 Å². The van der Waals surface area contributed by atoms with E-state index < -0.39 is 12.1 Å². The highest BCUT2D eigenvalue weighted by atomic mass is 16.5. The van der Waals surface area contributed by atoms with Crippen LogP contribution in [-0.2, 0) is 14.3 Å². The average Bonchev–Trinajstić information content (AvgIpc) is 3.49. The van der Waals surface area contributed by atoms with Gasteiger partial charge < -0.3 is 20.3 Å². The van der Waals surface area contributed by atoms with E-state index in [4.69, 9.17) is 4.74 Å². The summed E-state index contributed by atoms with van der Waals surface area (Å²) in [7, 11) is 0. The molecule has 0 aromatic carbocycles. The summed E-state index contributed by atoms with van der Waals surface area (Å²) >= 11 is 0. The molecule has 0 aliphatic heterocycles. The largest absolute Gasteiger partial charge is 0.466 e. The van der Waals surface area contributed by atoms with Crippen molar-refractivity contribution in [2.45, 2.75) is 418 Å². The number of unbranched alkanes of at least 4 members (excludes halogenated alkanes) is 51. The zero-order chi connectivity index (χ0) is 59.9. The van der Waals surface area contributed by atoms with Crippen molar-refractivity contribution >= 4 is 11.9 Å². The summed E-state index contributed by atoms with van der Waals surface area (Å²) in [6, 6.07) is -0.543. The van der Waals surface area contributed by atoms with Crippen molar-refractivity contribution in [2.75, 3.05) is 13.2 Å². The quantitative estimate of drug-likeness (QED) is 0.0320. The first-order chi connectivity index (χ1) is 41.0. The van der Waals surface area contributed by atoms with E-state index >= 15 is 0 Å². The smallest absolute Gasteiger partial charge is 0.305 e. The Kier molecular flexibility index (Phi) is 70.4. The SMILES string of the molecule is CCC/C=C\C/C=C\CCCCCCCC(=O)OCCCCCCCCCCC/C=C\C/C=C\CCCCCCCCCCCCCCCCCC(=O)NC(CO)C(O)CCCCCCCCCCCCCCCCCCCCCCCC. The van der Waals surface area contributed by atoms with Crippen molar-refractivity contribution in [1.82, 2.24) is 5.32 Å². The van der Waals surface area contributed by atoms with Gasteiger partial charge in [0, 0.05) is 12.8 Å². The van der Waals surface area contributed by atoms with Crippen LogP contribution in [0, 0.1) is 0 Å². The third-order valence-corrected chi connectivity index (χ3v) is 17.3. The fraction of sp³-hybridized carbons (Fsp3) is 0.870. The molecule has 3 N–H and O–H groups in total. The number of aliphatic hydroxyl groups excluding tert-OH is 2. The number of esters is 1. The van der Waals surface area contributed by atoms with Crippen LogP contribution in [-0.4, -0.2) is 47.4 Å². The van der Waals surface area contributed by atoms with E-state index in [2.05, 4.69) is 67.8 Å². The van der Waals surface area contributed by atoms with Gasteiger partial charge in [0.05, 0.1) is 25.4 Å². The van der Waals surface area contributed by atoms with Gasteiger partial charge in [0.25, 0.3) is 0 Å². The maximum Gasteiger partial charge on any atom is 0.305 e. The molecule has 0 aliphatic rings. The Hall–Kier alpha value is -2.18. The highest BCUT2D eigenvalue weighted by Gasteiger charge is 2.20. The minimum atomic E-state index is -0.666. The minimum Gasteiger partial charge on any atom is -0.466 e. The molecule has 2 atom stereocenters. The van der Waals surface area contributed by atoms with Crippen LogP contribution in [0.5, 0.6) is 0 Å². The monoisotopic (exact) mass is 1160 g/mol. The summed E-state index contributed by atoms with van der Waals surface area (Å²) in [6.07, 6.45) is 94.6. The minimum absolute atomic E-state index is 0.00198. The molecule has 0 rings (SSSR count). The van der Waals surface area contributed by atoms with Crippen molar-refractivity contribution in [3.8, 4) is 0 Å². The van der Waals surface area contributed by atoms with Crippen LogP contribution in [0.15, 0.2) is 48.6 Å². The molecule has 83 heavy (non-hydrogen) atoms. The van der Waals surface area contributed by atoms with Crippen molar-refractivity contribution in [1.29, 1.82) is 0 Å². The maximum atomic E-state index is 12.6. The Labute approximate surface area is 518 Å². The fourth-order valence-corrected chi connectivity index (χ4v) is 11.7. The second-order valence-corrected chi connectivity index (χ2v) is 25.6. The lowest BCUT2D eigenvalue weighted by atomic mass is 10.0. The molecule has 0 radical (unpaired) electrons. The number of amides is 1. The lowest BCUT2D eigenvalue weighted by Gasteiger charge is -2.22. The molecule has 0 aliphatic carbocycles. The zero-order valence-electron chi connectivity index (χ0n) is 55.9. The first-order valence-electron chi connectivity index (χ1n) is 37.4. The Morgan fingerprint density at radius 3 is 0.964 bits per heavy atom. The van der Waals surface area contributed by atoms with Gasteiger partial charge in [-0.2, -0.15) is 0 Å². The fourth-order valence-electron chi connectivity index (χ4n) is 11.7. The number of aliphatic hydroxyl groups is 2. The molecule has 0 aromatic rings. The second-order valence-electron chi connectivity index (χ2n) is 25.6. The second kappa shape index (κ2) is 72.3. The molecule has 6 nitrogen and oxygen atoms in total. The predicted octanol–water partition coefficient (Wildman–Crippen LogP) is 24.4. The van der Waals surface area contributed by atoms with Crippen LogP contribution in [0.25, 0.3) is 0 Å². The molecule has 488 valence electrons.